The third-order valence-corrected chi connectivity index (χ3v) is 7.22. The molecule has 2 aromatic rings. The highest BCUT2D eigenvalue weighted by atomic mass is 16.5. The van der Waals surface area contributed by atoms with Crippen LogP contribution in [0.3, 0.4) is 0 Å². The molecule has 0 aromatic heterocycles. The zero-order valence-electron chi connectivity index (χ0n) is 22.1. The topological polar surface area (TPSA) is 142 Å². The molecule has 208 valence electrons. The smallest absolute Gasteiger partial charge is 0.320 e. The molecule has 0 unspecified atom stereocenters. The summed E-state index contributed by atoms with van der Waals surface area (Å²) in [6, 6.07) is 10.6. The number of amides is 4. The molecule has 2 aromatic carbocycles. The van der Waals surface area contributed by atoms with Gasteiger partial charge in [-0.1, -0.05) is 24.3 Å². The van der Waals surface area contributed by atoms with Crippen molar-refractivity contribution in [1.29, 1.82) is 0 Å². The lowest BCUT2D eigenvalue weighted by atomic mass is 10.1. The number of nitrogens with zero attached hydrogens (tertiary/aromatic N) is 2. The molecule has 3 aliphatic rings. The van der Waals surface area contributed by atoms with Gasteiger partial charge in [-0.15, -0.1) is 0 Å². The number of urea groups is 1. The van der Waals surface area contributed by atoms with Crippen molar-refractivity contribution in [3.05, 3.63) is 54.1 Å². The molecule has 11 nitrogen and oxygen atoms in total. The van der Waals surface area contributed by atoms with Gasteiger partial charge in [-0.05, 0) is 55.5 Å². The van der Waals surface area contributed by atoms with E-state index < -0.39 is 29.9 Å². The Hall–Kier alpha value is -4.54. The van der Waals surface area contributed by atoms with Crippen LogP contribution in [0.25, 0.3) is 0 Å². The van der Waals surface area contributed by atoms with Crippen LogP contribution in [0.5, 0.6) is 0 Å². The van der Waals surface area contributed by atoms with E-state index in [0.29, 0.717) is 22.6 Å². The number of para-hydroxylation sites is 2. The Bertz CT molecular complexity index is 1320. The number of benzene rings is 2. The summed E-state index contributed by atoms with van der Waals surface area (Å²) in [7, 11) is 1.28. The van der Waals surface area contributed by atoms with E-state index in [1.54, 1.807) is 48.5 Å². The Morgan fingerprint density at radius 1 is 0.825 bits per heavy atom. The van der Waals surface area contributed by atoms with Crippen molar-refractivity contribution >= 4 is 52.4 Å². The molecule has 2 aliphatic carbocycles. The summed E-state index contributed by atoms with van der Waals surface area (Å²) in [6.45, 7) is -0.485. The van der Waals surface area contributed by atoms with Crippen molar-refractivity contribution in [2.45, 2.75) is 38.1 Å². The number of ketones is 2. The number of Topliss-reactive ketones (excluding diaryl/α,β-unsaturated/α-hetero) is 2. The van der Waals surface area contributed by atoms with Crippen LogP contribution in [0.2, 0.25) is 0 Å². The van der Waals surface area contributed by atoms with Crippen LogP contribution in [-0.2, 0) is 35.1 Å². The third kappa shape index (κ3) is 6.03. The Kier molecular flexibility index (Phi) is 7.63. The van der Waals surface area contributed by atoms with Crippen LogP contribution in [-0.4, -0.2) is 61.6 Å². The second-order valence-electron chi connectivity index (χ2n) is 10.3. The van der Waals surface area contributed by atoms with E-state index in [0.717, 1.165) is 25.7 Å². The van der Waals surface area contributed by atoms with E-state index in [-0.39, 0.29) is 42.9 Å². The summed E-state index contributed by atoms with van der Waals surface area (Å²) >= 11 is 0. The van der Waals surface area contributed by atoms with Crippen molar-refractivity contribution in [3.8, 4) is 0 Å². The van der Waals surface area contributed by atoms with Crippen molar-refractivity contribution < 1.29 is 33.5 Å². The minimum Gasteiger partial charge on any atom is -0.469 e. The van der Waals surface area contributed by atoms with Crippen LogP contribution < -0.4 is 20.4 Å². The molecule has 4 amide bonds. The molecule has 0 bridgehead atoms. The summed E-state index contributed by atoms with van der Waals surface area (Å²) in [5, 5.41) is 5.06. The van der Waals surface area contributed by atoms with Crippen LogP contribution in [0.15, 0.2) is 48.5 Å². The number of hydrogen-bond donors (Lipinski definition) is 2. The first kappa shape index (κ1) is 27.0. The average molecular weight is 547 g/mol. The second-order valence-corrected chi connectivity index (χ2v) is 10.3. The van der Waals surface area contributed by atoms with Gasteiger partial charge in [-0.2, -0.15) is 0 Å². The van der Waals surface area contributed by atoms with Gasteiger partial charge in [0.15, 0.2) is 17.6 Å². The van der Waals surface area contributed by atoms with Gasteiger partial charge >= 0.3 is 12.0 Å². The van der Waals surface area contributed by atoms with Crippen LogP contribution in [0.1, 0.15) is 31.2 Å². The van der Waals surface area contributed by atoms with E-state index in [1.807, 2.05) is 0 Å². The van der Waals surface area contributed by atoms with E-state index in [4.69, 9.17) is 0 Å². The average Bonchev–Trinajstić information content (AvgIpc) is 3.85. The lowest BCUT2D eigenvalue weighted by Crippen LogP contribution is -2.57. The van der Waals surface area contributed by atoms with Gasteiger partial charge in [-0.25, -0.2) is 4.79 Å². The van der Waals surface area contributed by atoms with Gasteiger partial charge in [0.05, 0.1) is 38.0 Å². The number of carbonyl (C=O) groups is 6. The van der Waals surface area contributed by atoms with E-state index in [1.165, 1.54) is 16.9 Å². The lowest BCUT2D eigenvalue weighted by Gasteiger charge is -2.24. The van der Waals surface area contributed by atoms with Gasteiger partial charge in [0.1, 0.15) is 0 Å². The highest BCUT2D eigenvalue weighted by molar-refractivity contribution is 6.23. The minimum atomic E-state index is -1.68. The monoisotopic (exact) mass is 546 g/mol. The van der Waals surface area contributed by atoms with Crippen LogP contribution in [0, 0.1) is 11.8 Å². The van der Waals surface area contributed by atoms with Gasteiger partial charge in [0, 0.05) is 17.5 Å². The maximum atomic E-state index is 13.8. The molecule has 2 saturated carbocycles. The first-order valence-corrected chi connectivity index (χ1v) is 13.3. The second kappa shape index (κ2) is 11.3. The normalized spacial score (nSPS) is 17.1. The molecular formula is C29H30N4O7. The molecular weight excluding hydrogens is 516 g/mol. The van der Waals surface area contributed by atoms with Crippen LogP contribution in [0.4, 0.5) is 21.9 Å². The highest BCUT2D eigenvalue weighted by Gasteiger charge is 2.44. The number of fused-ring (bicyclic) bond motifs is 1. The van der Waals surface area contributed by atoms with E-state index >= 15 is 0 Å². The zero-order valence-corrected chi connectivity index (χ0v) is 22.1. The standard InChI is InChI=1S/C29H30N4O7/c1-40-25(36)14-17-5-4-6-20(13-17)30-29(39)31-26-27(37)32(15-23(34)18-9-10-18)21-7-2-3-8-22(21)33(28(26)38)16-24(35)19-11-12-19/h2-8,13,18-19,26H,9-12,14-16H2,1H3,(H2,30,31,39). The summed E-state index contributed by atoms with van der Waals surface area (Å²) in [5.41, 5.74) is 1.59. The predicted octanol–water partition coefficient (Wildman–Crippen LogP) is 2.23. The summed E-state index contributed by atoms with van der Waals surface area (Å²) in [4.78, 5) is 80.4. The fraction of sp³-hybridized carbons (Fsp3) is 0.379. The number of hydrogen-bond acceptors (Lipinski definition) is 7. The molecule has 40 heavy (non-hydrogen) atoms. The Balaban J connectivity index is 1.42. The van der Waals surface area contributed by atoms with Gasteiger partial charge in [-0.3, -0.25) is 24.0 Å². The summed E-state index contributed by atoms with van der Waals surface area (Å²) < 4.78 is 4.68. The van der Waals surface area contributed by atoms with E-state index in [9.17, 15) is 28.8 Å². The molecule has 1 aliphatic heterocycles. The zero-order chi connectivity index (χ0) is 28.4. The summed E-state index contributed by atoms with van der Waals surface area (Å²) in [6.07, 6.45) is 3.01. The van der Waals surface area contributed by atoms with E-state index in [2.05, 4.69) is 15.4 Å². The quantitative estimate of drug-likeness (QED) is 0.344. The number of rotatable bonds is 10. The molecule has 5 rings (SSSR count). The molecule has 0 atom stereocenters. The van der Waals surface area contributed by atoms with Gasteiger partial charge in [0.2, 0.25) is 0 Å². The van der Waals surface area contributed by atoms with Gasteiger partial charge in [0.25, 0.3) is 11.8 Å². The fourth-order valence-corrected chi connectivity index (χ4v) is 4.70. The SMILES string of the molecule is COC(=O)Cc1cccc(NC(=O)NC2C(=O)N(CC(=O)C3CC3)c3ccccc3N(CC(=O)C3CC3)C2=O)c1. The maximum absolute atomic E-state index is 13.8. The molecule has 2 fully saturated rings. The minimum absolute atomic E-state index is 0.000536. The molecule has 0 saturated heterocycles. The highest BCUT2D eigenvalue weighted by Crippen LogP contribution is 2.37. The van der Waals surface area contributed by atoms with Crippen molar-refractivity contribution in [1.82, 2.24) is 5.32 Å². The molecule has 11 heteroatoms. The first-order valence-electron chi connectivity index (χ1n) is 13.3. The molecule has 0 spiro atoms. The fourth-order valence-electron chi connectivity index (χ4n) is 4.70. The molecule has 0 radical (unpaired) electrons. The Morgan fingerprint density at radius 3 is 1.88 bits per heavy atom. The van der Waals surface area contributed by atoms with Crippen molar-refractivity contribution in [2.24, 2.45) is 11.8 Å². The lowest BCUT2D eigenvalue weighted by molar-refractivity contribution is -0.139. The predicted molar refractivity (Wildman–Crippen MR) is 145 cm³/mol. The molecule has 1 heterocycles. The maximum Gasteiger partial charge on any atom is 0.320 e. The van der Waals surface area contributed by atoms with Crippen molar-refractivity contribution in [2.75, 3.05) is 35.3 Å². The van der Waals surface area contributed by atoms with Crippen molar-refractivity contribution in [3.63, 3.8) is 0 Å². The number of anilines is 3. The van der Waals surface area contributed by atoms with Gasteiger partial charge < -0.3 is 25.2 Å². The third-order valence-electron chi connectivity index (χ3n) is 7.22. The Morgan fingerprint density at radius 2 is 1.38 bits per heavy atom. The molecule has 2 N–H and O–H groups in total. The number of esters is 1. The van der Waals surface area contributed by atoms with Crippen LogP contribution >= 0.6 is 0 Å². The first-order chi connectivity index (χ1) is 19.2. The summed E-state index contributed by atoms with van der Waals surface area (Å²) in [5.74, 6) is -2.47. The number of ether oxygens (including phenoxy) is 1. The number of carbonyl (C=O) groups excluding carboxylic acids is 6. The Labute approximate surface area is 230 Å². The largest absolute Gasteiger partial charge is 0.469 e. The number of methoxy groups -OCH3 is 1. The number of nitrogens with one attached hydrogen (secondary N) is 2.